The molecule has 0 aliphatic carbocycles. The molecule has 3 aromatic heterocycles. The van der Waals surface area contributed by atoms with Gasteiger partial charge in [0.25, 0.3) is 0 Å². The molecule has 4 aromatic rings. The third kappa shape index (κ3) is 2.14. The number of nitrogens with one attached hydrogen (secondary N) is 1. The van der Waals surface area contributed by atoms with E-state index >= 15 is 0 Å². The SMILES string of the molecule is C.Cc1nc2c(-c3ccoc3)cc(-c3ccoc3)cc2[nH]1. The zero-order valence-electron chi connectivity index (χ0n) is 10.9. The van der Waals surface area contributed by atoms with Crippen molar-refractivity contribution in [2.24, 2.45) is 0 Å². The van der Waals surface area contributed by atoms with Gasteiger partial charge in [-0.1, -0.05) is 7.43 Å². The van der Waals surface area contributed by atoms with E-state index in [0.717, 1.165) is 39.1 Å². The number of aromatic nitrogens is 2. The fourth-order valence-electron chi connectivity index (χ4n) is 2.47. The average Bonchev–Trinajstić information content (AvgIpc) is 3.18. The summed E-state index contributed by atoms with van der Waals surface area (Å²) in [7, 11) is 0. The number of fused-ring (bicyclic) bond motifs is 1. The monoisotopic (exact) mass is 280 g/mol. The van der Waals surface area contributed by atoms with Crippen LogP contribution in [-0.4, -0.2) is 9.97 Å². The quantitative estimate of drug-likeness (QED) is 0.560. The Bertz CT molecular complexity index is 856. The van der Waals surface area contributed by atoms with E-state index in [1.54, 1.807) is 25.1 Å². The van der Waals surface area contributed by atoms with E-state index in [0.29, 0.717) is 0 Å². The third-order valence-corrected chi connectivity index (χ3v) is 3.39. The summed E-state index contributed by atoms with van der Waals surface area (Å²) in [6.45, 7) is 1.96. The molecule has 0 amide bonds. The zero-order chi connectivity index (χ0) is 13.5. The summed E-state index contributed by atoms with van der Waals surface area (Å²) in [5, 5.41) is 0. The Morgan fingerprint density at radius 2 is 1.67 bits per heavy atom. The molecule has 4 nitrogen and oxygen atoms in total. The molecule has 1 aromatic carbocycles. The van der Waals surface area contributed by atoms with E-state index in [-0.39, 0.29) is 7.43 Å². The molecule has 0 spiro atoms. The summed E-state index contributed by atoms with van der Waals surface area (Å²) < 4.78 is 10.4. The lowest BCUT2D eigenvalue weighted by Gasteiger charge is -2.03. The van der Waals surface area contributed by atoms with Crippen LogP contribution in [0.1, 0.15) is 13.3 Å². The van der Waals surface area contributed by atoms with E-state index in [4.69, 9.17) is 8.83 Å². The topological polar surface area (TPSA) is 55.0 Å². The van der Waals surface area contributed by atoms with Gasteiger partial charge in [0.05, 0.1) is 36.1 Å². The molecule has 4 rings (SSSR count). The molecule has 4 heteroatoms. The molecule has 0 atom stereocenters. The van der Waals surface area contributed by atoms with Crippen molar-refractivity contribution >= 4 is 11.0 Å². The summed E-state index contributed by atoms with van der Waals surface area (Å²) in [6.07, 6.45) is 6.82. The van der Waals surface area contributed by atoms with Crippen molar-refractivity contribution in [3.8, 4) is 22.3 Å². The standard InChI is InChI=1S/C16H12N2O2.CH4/c1-10-17-15-7-13(11-2-4-19-8-11)6-14(16(15)18-10)12-3-5-20-9-12;/h2-9H,1H3,(H,17,18);1H4. The Morgan fingerprint density at radius 3 is 2.33 bits per heavy atom. The molecular formula is C17H16N2O2. The van der Waals surface area contributed by atoms with Crippen LogP contribution in [-0.2, 0) is 0 Å². The Balaban J connectivity index is 0.00000132. The average molecular weight is 280 g/mol. The number of hydrogen-bond donors (Lipinski definition) is 1. The number of H-pyrrole nitrogens is 1. The third-order valence-electron chi connectivity index (χ3n) is 3.39. The molecule has 106 valence electrons. The number of benzene rings is 1. The van der Waals surface area contributed by atoms with Gasteiger partial charge in [-0.05, 0) is 36.8 Å². The number of aryl methyl sites for hydroxylation is 1. The van der Waals surface area contributed by atoms with Gasteiger partial charge in [-0.15, -0.1) is 0 Å². The van der Waals surface area contributed by atoms with E-state index in [1.165, 1.54) is 0 Å². The van der Waals surface area contributed by atoms with Crippen molar-refractivity contribution in [3.05, 3.63) is 55.1 Å². The molecule has 3 heterocycles. The van der Waals surface area contributed by atoms with Crippen LogP contribution in [0.25, 0.3) is 33.3 Å². The molecule has 0 fully saturated rings. The fourth-order valence-corrected chi connectivity index (χ4v) is 2.47. The molecule has 21 heavy (non-hydrogen) atoms. The van der Waals surface area contributed by atoms with Gasteiger partial charge in [0.15, 0.2) is 0 Å². The first kappa shape index (κ1) is 13.2. The van der Waals surface area contributed by atoms with Crippen molar-refractivity contribution in [3.63, 3.8) is 0 Å². The van der Waals surface area contributed by atoms with Gasteiger partial charge < -0.3 is 13.8 Å². The fraction of sp³-hybridized carbons (Fsp3) is 0.118. The number of furan rings is 2. The maximum atomic E-state index is 5.20. The number of imidazole rings is 1. The van der Waals surface area contributed by atoms with Crippen molar-refractivity contribution in [2.75, 3.05) is 0 Å². The first-order valence-corrected chi connectivity index (χ1v) is 6.37. The highest BCUT2D eigenvalue weighted by atomic mass is 16.3. The van der Waals surface area contributed by atoms with Crippen molar-refractivity contribution in [2.45, 2.75) is 14.4 Å². The van der Waals surface area contributed by atoms with Crippen LogP contribution in [0.5, 0.6) is 0 Å². The van der Waals surface area contributed by atoms with E-state index < -0.39 is 0 Å². The van der Waals surface area contributed by atoms with E-state index in [9.17, 15) is 0 Å². The maximum absolute atomic E-state index is 5.20. The van der Waals surface area contributed by atoms with E-state index in [1.807, 2.05) is 19.1 Å². The van der Waals surface area contributed by atoms with Crippen LogP contribution >= 0.6 is 0 Å². The highest BCUT2D eigenvalue weighted by molar-refractivity contribution is 5.95. The number of hydrogen-bond acceptors (Lipinski definition) is 3. The Kier molecular flexibility index (Phi) is 3.14. The first-order chi connectivity index (χ1) is 9.81. The van der Waals surface area contributed by atoms with Gasteiger partial charge in [0.2, 0.25) is 0 Å². The lowest BCUT2D eigenvalue weighted by molar-refractivity contribution is 0.568. The smallest absolute Gasteiger partial charge is 0.104 e. The van der Waals surface area contributed by atoms with Crippen molar-refractivity contribution < 1.29 is 8.83 Å². The largest absolute Gasteiger partial charge is 0.472 e. The van der Waals surface area contributed by atoms with Gasteiger partial charge in [-0.25, -0.2) is 4.98 Å². The zero-order valence-corrected chi connectivity index (χ0v) is 10.9. The minimum absolute atomic E-state index is 0. The summed E-state index contributed by atoms with van der Waals surface area (Å²) in [5.41, 5.74) is 6.17. The summed E-state index contributed by atoms with van der Waals surface area (Å²) in [6, 6.07) is 8.09. The predicted molar refractivity (Wildman–Crippen MR) is 83.0 cm³/mol. The second-order valence-corrected chi connectivity index (χ2v) is 4.77. The van der Waals surface area contributed by atoms with Gasteiger partial charge in [0, 0.05) is 16.7 Å². The molecule has 0 aliphatic rings. The lowest BCUT2D eigenvalue weighted by atomic mass is 10.0. The van der Waals surface area contributed by atoms with Gasteiger partial charge in [-0.3, -0.25) is 0 Å². The van der Waals surface area contributed by atoms with Crippen LogP contribution in [0.15, 0.2) is 58.2 Å². The summed E-state index contributed by atoms with van der Waals surface area (Å²) in [5.74, 6) is 0.897. The lowest BCUT2D eigenvalue weighted by Crippen LogP contribution is -1.82. The Morgan fingerprint density at radius 1 is 0.952 bits per heavy atom. The molecule has 0 unspecified atom stereocenters. The maximum Gasteiger partial charge on any atom is 0.104 e. The Labute approximate surface area is 122 Å². The van der Waals surface area contributed by atoms with Crippen LogP contribution in [0.4, 0.5) is 0 Å². The first-order valence-electron chi connectivity index (χ1n) is 6.37. The minimum atomic E-state index is 0. The van der Waals surface area contributed by atoms with Crippen molar-refractivity contribution in [1.82, 2.24) is 9.97 Å². The molecule has 0 bridgehead atoms. The van der Waals surface area contributed by atoms with E-state index in [2.05, 4.69) is 22.1 Å². The number of rotatable bonds is 2. The highest BCUT2D eigenvalue weighted by Crippen LogP contribution is 2.33. The highest BCUT2D eigenvalue weighted by Gasteiger charge is 2.12. The van der Waals surface area contributed by atoms with Gasteiger partial charge >= 0.3 is 0 Å². The minimum Gasteiger partial charge on any atom is -0.472 e. The second-order valence-electron chi connectivity index (χ2n) is 4.77. The molecule has 0 radical (unpaired) electrons. The number of aromatic amines is 1. The second kappa shape index (κ2) is 4.98. The van der Waals surface area contributed by atoms with Crippen molar-refractivity contribution in [1.29, 1.82) is 0 Å². The normalized spacial score (nSPS) is 10.7. The molecule has 0 saturated carbocycles. The van der Waals surface area contributed by atoms with Crippen LogP contribution < -0.4 is 0 Å². The molecular weight excluding hydrogens is 264 g/mol. The Hall–Kier alpha value is -2.75. The van der Waals surface area contributed by atoms with Crippen LogP contribution in [0, 0.1) is 6.92 Å². The van der Waals surface area contributed by atoms with Crippen LogP contribution in [0.2, 0.25) is 0 Å². The van der Waals surface area contributed by atoms with Crippen LogP contribution in [0.3, 0.4) is 0 Å². The predicted octanol–water partition coefficient (Wildman–Crippen LogP) is 5.03. The molecule has 1 N–H and O–H groups in total. The molecule has 0 aliphatic heterocycles. The number of nitrogens with zero attached hydrogens (tertiary/aromatic N) is 1. The van der Waals surface area contributed by atoms with Gasteiger partial charge in [0.1, 0.15) is 5.82 Å². The van der Waals surface area contributed by atoms with Gasteiger partial charge in [-0.2, -0.15) is 0 Å². The summed E-state index contributed by atoms with van der Waals surface area (Å²) >= 11 is 0. The molecule has 0 saturated heterocycles. The summed E-state index contributed by atoms with van der Waals surface area (Å²) in [4.78, 5) is 7.86.